The number of carbonyl (C=O) groups excluding carboxylic acids is 2. The maximum atomic E-state index is 13.0. The Morgan fingerprint density at radius 1 is 1.04 bits per heavy atom. The van der Waals surface area contributed by atoms with Crippen LogP contribution in [0.4, 0.5) is 5.69 Å². The van der Waals surface area contributed by atoms with Gasteiger partial charge in [-0.3, -0.25) is 9.59 Å². The van der Waals surface area contributed by atoms with E-state index in [1.165, 1.54) is 0 Å². The molecule has 3 aliphatic rings. The average Bonchev–Trinajstić information content (AvgIpc) is 3.39. The van der Waals surface area contributed by atoms with E-state index in [-0.39, 0.29) is 35.4 Å². The van der Waals surface area contributed by atoms with Crippen molar-refractivity contribution in [3.05, 3.63) is 29.8 Å². The molecule has 4 rings (SSSR count). The van der Waals surface area contributed by atoms with E-state index in [0.717, 1.165) is 37.9 Å². The first-order valence-electron chi connectivity index (χ1n) is 9.38. The zero-order valence-electron chi connectivity index (χ0n) is 14.8. The largest absolute Gasteiger partial charge is 0.332 e. The molecule has 1 aromatic rings. The predicted molar refractivity (Wildman–Crippen MR) is 98.9 cm³/mol. The van der Waals surface area contributed by atoms with Crippen LogP contribution in [0, 0.1) is 0 Å². The van der Waals surface area contributed by atoms with E-state index in [2.05, 4.69) is 0 Å². The molecular weight excluding hydrogens is 352 g/mol. The lowest BCUT2D eigenvalue weighted by Gasteiger charge is -2.29. The van der Waals surface area contributed by atoms with E-state index in [1.807, 2.05) is 12.1 Å². The fourth-order valence-electron chi connectivity index (χ4n) is 3.99. The van der Waals surface area contributed by atoms with Crippen molar-refractivity contribution in [2.45, 2.75) is 50.6 Å². The van der Waals surface area contributed by atoms with Gasteiger partial charge in [0, 0.05) is 36.3 Å². The molecule has 1 aliphatic carbocycles. The smallest absolute Gasteiger partial charge is 0.254 e. The summed E-state index contributed by atoms with van der Waals surface area (Å²) in [5.74, 6) is 0.289. The van der Waals surface area contributed by atoms with Crippen molar-refractivity contribution < 1.29 is 18.0 Å². The molecule has 1 saturated carbocycles. The highest BCUT2D eigenvalue weighted by Crippen LogP contribution is 2.34. The van der Waals surface area contributed by atoms with E-state index in [4.69, 9.17) is 0 Å². The fraction of sp³-hybridized carbons (Fsp3) is 0.579. The monoisotopic (exact) mass is 376 g/mol. The molecule has 3 fully saturated rings. The molecule has 0 spiro atoms. The number of sulfone groups is 1. The Labute approximate surface area is 154 Å². The fourth-order valence-corrected chi connectivity index (χ4v) is 5.70. The summed E-state index contributed by atoms with van der Waals surface area (Å²) in [6.07, 6.45) is 4.94. The van der Waals surface area contributed by atoms with Gasteiger partial charge in [0.15, 0.2) is 9.84 Å². The Kier molecular flexibility index (Phi) is 4.50. The van der Waals surface area contributed by atoms with Gasteiger partial charge in [-0.25, -0.2) is 8.42 Å². The van der Waals surface area contributed by atoms with Crippen molar-refractivity contribution in [3.63, 3.8) is 0 Å². The van der Waals surface area contributed by atoms with Crippen LogP contribution in [0.2, 0.25) is 0 Å². The SMILES string of the molecule is O=C1CCCCN1c1ccc(C(=O)N(C2CC2)C2CCS(=O)(=O)C2)cc1. The highest BCUT2D eigenvalue weighted by atomic mass is 32.2. The second kappa shape index (κ2) is 6.68. The first-order valence-corrected chi connectivity index (χ1v) is 11.2. The molecule has 2 heterocycles. The first kappa shape index (κ1) is 17.5. The average molecular weight is 376 g/mol. The maximum absolute atomic E-state index is 13.0. The highest BCUT2D eigenvalue weighted by molar-refractivity contribution is 7.91. The summed E-state index contributed by atoms with van der Waals surface area (Å²) in [5.41, 5.74) is 1.39. The molecule has 0 aromatic heterocycles. The number of carbonyl (C=O) groups is 2. The summed E-state index contributed by atoms with van der Waals surface area (Å²) in [5, 5.41) is 0. The number of amides is 2. The van der Waals surface area contributed by atoms with Crippen LogP contribution in [0.1, 0.15) is 48.9 Å². The standard InChI is InChI=1S/C19H24N2O4S/c22-18-3-1-2-11-20(18)15-6-4-14(5-7-15)19(23)21(16-8-9-16)17-10-12-26(24,25)13-17/h4-7,16-17H,1-3,8-13H2. The van der Waals surface area contributed by atoms with Gasteiger partial charge in [0.1, 0.15) is 0 Å². The van der Waals surface area contributed by atoms with Crippen LogP contribution in [-0.4, -0.2) is 55.3 Å². The molecule has 2 aliphatic heterocycles. The first-order chi connectivity index (χ1) is 12.4. The zero-order valence-corrected chi connectivity index (χ0v) is 15.6. The van der Waals surface area contributed by atoms with Gasteiger partial charge in [0.2, 0.25) is 5.91 Å². The van der Waals surface area contributed by atoms with Gasteiger partial charge in [-0.2, -0.15) is 0 Å². The number of nitrogens with zero attached hydrogens (tertiary/aromatic N) is 2. The summed E-state index contributed by atoms with van der Waals surface area (Å²) < 4.78 is 23.6. The third-order valence-electron chi connectivity index (χ3n) is 5.53. The molecular formula is C19H24N2O4S. The van der Waals surface area contributed by atoms with E-state index in [9.17, 15) is 18.0 Å². The summed E-state index contributed by atoms with van der Waals surface area (Å²) in [6.45, 7) is 0.722. The van der Waals surface area contributed by atoms with Gasteiger partial charge in [0.25, 0.3) is 5.91 Å². The third kappa shape index (κ3) is 3.49. The number of hydrogen-bond acceptors (Lipinski definition) is 4. The van der Waals surface area contributed by atoms with Crippen LogP contribution in [0.3, 0.4) is 0 Å². The van der Waals surface area contributed by atoms with Gasteiger partial charge in [-0.15, -0.1) is 0 Å². The minimum Gasteiger partial charge on any atom is -0.332 e. The van der Waals surface area contributed by atoms with Crippen molar-refractivity contribution in [3.8, 4) is 0 Å². The quantitative estimate of drug-likeness (QED) is 0.805. The third-order valence-corrected chi connectivity index (χ3v) is 7.28. The second-order valence-electron chi connectivity index (χ2n) is 7.55. The van der Waals surface area contributed by atoms with Crippen molar-refractivity contribution >= 4 is 27.3 Å². The minimum absolute atomic E-state index is 0.0790. The molecule has 140 valence electrons. The van der Waals surface area contributed by atoms with Gasteiger partial charge >= 0.3 is 0 Å². The Bertz CT molecular complexity index is 814. The molecule has 0 N–H and O–H groups in total. The molecule has 1 unspecified atom stereocenters. The van der Waals surface area contributed by atoms with Crippen LogP contribution in [0.25, 0.3) is 0 Å². The van der Waals surface area contributed by atoms with E-state index < -0.39 is 9.84 Å². The molecule has 1 aromatic carbocycles. The van der Waals surface area contributed by atoms with Crippen molar-refractivity contribution in [1.29, 1.82) is 0 Å². The molecule has 0 bridgehead atoms. The lowest BCUT2D eigenvalue weighted by molar-refractivity contribution is -0.119. The number of rotatable bonds is 4. The number of benzene rings is 1. The maximum Gasteiger partial charge on any atom is 0.254 e. The minimum atomic E-state index is -3.03. The van der Waals surface area contributed by atoms with Gasteiger partial charge in [0.05, 0.1) is 11.5 Å². The Balaban J connectivity index is 1.52. The molecule has 1 atom stereocenters. The zero-order chi connectivity index (χ0) is 18.3. The topological polar surface area (TPSA) is 74.8 Å². The Hall–Kier alpha value is -1.89. The van der Waals surface area contributed by atoms with E-state index >= 15 is 0 Å². The molecule has 7 heteroatoms. The normalized spacial score (nSPS) is 25.3. The summed E-state index contributed by atoms with van der Waals surface area (Å²) in [4.78, 5) is 28.6. The summed E-state index contributed by atoms with van der Waals surface area (Å²) >= 11 is 0. The molecule has 6 nitrogen and oxygen atoms in total. The van der Waals surface area contributed by atoms with Gasteiger partial charge in [-0.05, 0) is 56.4 Å². The summed E-state index contributed by atoms with van der Waals surface area (Å²) in [6, 6.07) is 7.14. The van der Waals surface area contributed by atoms with Crippen molar-refractivity contribution in [2.75, 3.05) is 23.0 Å². The van der Waals surface area contributed by atoms with Crippen molar-refractivity contribution in [1.82, 2.24) is 4.90 Å². The van der Waals surface area contributed by atoms with Gasteiger partial charge < -0.3 is 9.80 Å². The summed E-state index contributed by atoms with van der Waals surface area (Å²) in [7, 11) is -3.03. The van der Waals surface area contributed by atoms with Crippen LogP contribution in [0.15, 0.2) is 24.3 Å². The molecule has 26 heavy (non-hydrogen) atoms. The number of piperidine rings is 1. The van der Waals surface area contributed by atoms with Crippen LogP contribution >= 0.6 is 0 Å². The molecule has 0 radical (unpaired) electrons. The Morgan fingerprint density at radius 2 is 1.77 bits per heavy atom. The second-order valence-corrected chi connectivity index (χ2v) is 9.78. The highest BCUT2D eigenvalue weighted by Gasteiger charge is 2.42. The van der Waals surface area contributed by atoms with Crippen LogP contribution in [-0.2, 0) is 14.6 Å². The Morgan fingerprint density at radius 3 is 2.35 bits per heavy atom. The van der Waals surface area contributed by atoms with Gasteiger partial charge in [-0.1, -0.05) is 0 Å². The predicted octanol–water partition coefficient (Wildman–Crippen LogP) is 2.00. The van der Waals surface area contributed by atoms with Crippen LogP contribution < -0.4 is 4.90 Å². The van der Waals surface area contributed by atoms with E-state index in [0.29, 0.717) is 18.4 Å². The lowest BCUT2D eigenvalue weighted by atomic mass is 10.1. The lowest BCUT2D eigenvalue weighted by Crippen LogP contribution is -2.42. The van der Waals surface area contributed by atoms with Crippen molar-refractivity contribution in [2.24, 2.45) is 0 Å². The van der Waals surface area contributed by atoms with Crippen LogP contribution in [0.5, 0.6) is 0 Å². The number of hydrogen-bond donors (Lipinski definition) is 0. The van der Waals surface area contributed by atoms with E-state index in [1.54, 1.807) is 21.9 Å². The number of anilines is 1. The molecule has 2 saturated heterocycles. The molecule has 2 amide bonds.